The van der Waals surface area contributed by atoms with Crippen LogP contribution in [0.4, 0.5) is 30.7 Å². The summed E-state index contributed by atoms with van der Waals surface area (Å²) in [6.07, 6.45) is -0.712. The molecule has 210 valence electrons. The summed E-state index contributed by atoms with van der Waals surface area (Å²) in [4.78, 5) is 0. The number of hydrogen-bond donors (Lipinski definition) is 0. The lowest BCUT2D eigenvalue weighted by Crippen LogP contribution is -2.19. The van der Waals surface area contributed by atoms with Gasteiger partial charge in [0, 0.05) is 10.9 Å². The highest BCUT2D eigenvalue weighted by Crippen LogP contribution is 2.27. The first-order chi connectivity index (χ1) is 19.0. The highest BCUT2D eigenvalue weighted by atomic mass is 19.4. The number of fused-ring (bicyclic) bond motifs is 1. The number of halogens is 7. The fourth-order valence-electron chi connectivity index (χ4n) is 4.57. The van der Waals surface area contributed by atoms with Crippen LogP contribution >= 0.6 is 0 Å². The third-order valence-electron chi connectivity index (χ3n) is 6.67. The summed E-state index contributed by atoms with van der Waals surface area (Å²) < 4.78 is 99.8. The third-order valence-corrected chi connectivity index (χ3v) is 6.67. The van der Waals surface area contributed by atoms with Gasteiger partial charge in [0.1, 0.15) is 17.5 Å². The van der Waals surface area contributed by atoms with Gasteiger partial charge in [0.2, 0.25) is 0 Å². The van der Waals surface area contributed by atoms with Crippen molar-refractivity contribution in [3.8, 4) is 5.75 Å². The average Bonchev–Trinajstić information content (AvgIpc) is 2.90. The number of hydrogen-bond acceptors (Lipinski definition) is 1. The van der Waals surface area contributed by atoms with E-state index in [1.807, 2.05) is 0 Å². The van der Waals surface area contributed by atoms with Gasteiger partial charge in [0.25, 0.3) is 0 Å². The normalized spacial score (nSPS) is 11.7. The number of allylic oxidation sites excluding steroid dienone is 1. The lowest BCUT2D eigenvalue weighted by molar-refractivity contribution is -0.153. The van der Waals surface area contributed by atoms with Gasteiger partial charge in [0.05, 0.1) is 0 Å². The van der Waals surface area contributed by atoms with Gasteiger partial charge in [-0.05, 0) is 90.4 Å². The van der Waals surface area contributed by atoms with E-state index in [0.717, 1.165) is 17.7 Å². The van der Waals surface area contributed by atoms with Gasteiger partial charge in [-0.1, -0.05) is 42.5 Å². The van der Waals surface area contributed by atoms with Crippen LogP contribution in [-0.2, 0) is 32.1 Å². The summed E-state index contributed by atoms with van der Waals surface area (Å²) >= 11 is 0. The van der Waals surface area contributed by atoms with Crippen molar-refractivity contribution < 1.29 is 35.5 Å². The van der Waals surface area contributed by atoms with Crippen molar-refractivity contribution >= 4 is 10.8 Å². The zero-order valence-corrected chi connectivity index (χ0v) is 21.6. The zero-order valence-electron chi connectivity index (χ0n) is 21.6. The Kier molecular flexibility index (Phi) is 9.17. The Hall–Kier alpha value is -3.81. The molecule has 0 saturated carbocycles. The molecule has 0 aliphatic rings. The highest BCUT2D eigenvalue weighted by Gasteiger charge is 2.29. The van der Waals surface area contributed by atoms with Gasteiger partial charge in [-0.3, -0.25) is 0 Å². The molecule has 0 radical (unpaired) electrons. The highest BCUT2D eigenvalue weighted by molar-refractivity contribution is 5.84. The molecule has 0 spiro atoms. The molecular formula is C32H27F7O. The number of aryl methyl sites for hydroxylation is 4. The second kappa shape index (κ2) is 12.6. The minimum atomic E-state index is -4.58. The molecule has 0 atom stereocenters. The predicted molar refractivity (Wildman–Crippen MR) is 142 cm³/mol. The van der Waals surface area contributed by atoms with Crippen LogP contribution < -0.4 is 4.74 Å². The fraction of sp³-hybridized carbons (Fsp3) is 0.250. The van der Waals surface area contributed by atoms with Crippen molar-refractivity contribution in [2.24, 2.45) is 0 Å². The van der Waals surface area contributed by atoms with Gasteiger partial charge >= 0.3 is 6.18 Å². The standard InChI is InChI=1S/C32H27F7O/c1-2-3-4-22-17-27(33)26(28(34)18-22)13-7-20-6-12-25-24(15-20)11-10-23(31(25)36)9-5-21-8-14-30(29(35)16-21)40-19-32(37,38)39/h2,6,8,10-12,14-18H,1,3-5,7,9,13,19H2. The fourth-order valence-corrected chi connectivity index (χ4v) is 4.57. The third kappa shape index (κ3) is 7.43. The second-order valence-corrected chi connectivity index (χ2v) is 9.63. The Bertz CT molecular complexity index is 1480. The molecule has 0 N–H and O–H groups in total. The van der Waals surface area contributed by atoms with Crippen LogP contribution in [0, 0.1) is 23.3 Å². The lowest BCUT2D eigenvalue weighted by atomic mass is 9.96. The molecule has 1 nitrogen and oxygen atoms in total. The van der Waals surface area contributed by atoms with Crippen LogP contribution in [0.5, 0.6) is 5.75 Å². The molecule has 4 aromatic rings. The van der Waals surface area contributed by atoms with E-state index in [4.69, 9.17) is 0 Å². The summed E-state index contributed by atoms with van der Waals surface area (Å²) in [6, 6.07) is 14.9. The molecule has 0 saturated heterocycles. The van der Waals surface area contributed by atoms with E-state index in [0.29, 0.717) is 46.7 Å². The molecule has 0 amide bonds. The Balaban J connectivity index is 1.41. The maximum absolute atomic E-state index is 15.2. The summed E-state index contributed by atoms with van der Waals surface area (Å²) in [5.41, 5.74) is 2.28. The minimum absolute atomic E-state index is 0.0142. The molecule has 8 heteroatoms. The van der Waals surface area contributed by atoms with E-state index in [1.165, 1.54) is 18.2 Å². The molecule has 0 aliphatic carbocycles. The van der Waals surface area contributed by atoms with Crippen molar-refractivity contribution in [3.63, 3.8) is 0 Å². The van der Waals surface area contributed by atoms with Crippen LogP contribution in [-0.4, -0.2) is 12.8 Å². The molecule has 40 heavy (non-hydrogen) atoms. The Morgan fingerprint density at radius 2 is 1.32 bits per heavy atom. The number of benzene rings is 4. The summed E-state index contributed by atoms with van der Waals surface area (Å²) in [6.45, 7) is 2.02. The van der Waals surface area contributed by atoms with Crippen LogP contribution in [0.25, 0.3) is 10.8 Å². The molecule has 4 aromatic carbocycles. The number of alkyl halides is 3. The Morgan fingerprint density at radius 3 is 2.00 bits per heavy atom. The minimum Gasteiger partial charge on any atom is -0.481 e. The van der Waals surface area contributed by atoms with Crippen molar-refractivity contribution in [1.29, 1.82) is 0 Å². The Labute approximate surface area is 227 Å². The lowest BCUT2D eigenvalue weighted by Gasteiger charge is -2.12. The van der Waals surface area contributed by atoms with Gasteiger partial charge < -0.3 is 4.74 Å². The molecule has 0 heterocycles. The largest absolute Gasteiger partial charge is 0.481 e. The summed E-state index contributed by atoms with van der Waals surface area (Å²) in [7, 11) is 0. The van der Waals surface area contributed by atoms with E-state index in [-0.39, 0.29) is 24.8 Å². The van der Waals surface area contributed by atoms with E-state index in [9.17, 15) is 26.3 Å². The maximum Gasteiger partial charge on any atom is 0.422 e. The molecule has 0 fully saturated rings. The van der Waals surface area contributed by atoms with Gasteiger partial charge in [-0.2, -0.15) is 13.2 Å². The van der Waals surface area contributed by atoms with Crippen molar-refractivity contribution in [1.82, 2.24) is 0 Å². The van der Waals surface area contributed by atoms with Crippen LogP contribution in [0.3, 0.4) is 0 Å². The topological polar surface area (TPSA) is 9.23 Å². The first-order valence-corrected chi connectivity index (χ1v) is 12.8. The number of ether oxygens (including phenoxy) is 1. The SMILES string of the molecule is C=CCCc1cc(F)c(CCc2ccc3c(F)c(CCc4ccc(OCC(F)(F)F)c(F)c4)ccc3c2)c(F)c1. The van der Waals surface area contributed by atoms with Crippen molar-refractivity contribution in [3.05, 3.63) is 124 Å². The second-order valence-electron chi connectivity index (χ2n) is 9.63. The van der Waals surface area contributed by atoms with Crippen LogP contribution in [0.1, 0.15) is 34.2 Å². The monoisotopic (exact) mass is 560 g/mol. The quantitative estimate of drug-likeness (QED) is 0.131. The molecular weight excluding hydrogens is 533 g/mol. The van der Waals surface area contributed by atoms with E-state index < -0.39 is 41.8 Å². The van der Waals surface area contributed by atoms with Crippen molar-refractivity contribution in [2.75, 3.05) is 6.61 Å². The molecule has 0 unspecified atom stereocenters. The van der Waals surface area contributed by atoms with Crippen LogP contribution in [0.2, 0.25) is 0 Å². The summed E-state index contributed by atoms with van der Waals surface area (Å²) in [5.74, 6) is -3.02. The molecule has 0 aromatic heterocycles. The van der Waals surface area contributed by atoms with Gasteiger partial charge in [-0.15, -0.1) is 6.58 Å². The zero-order chi connectivity index (χ0) is 28.9. The van der Waals surface area contributed by atoms with E-state index >= 15 is 4.39 Å². The molecule has 0 aliphatic heterocycles. The molecule has 0 bridgehead atoms. The first kappa shape index (κ1) is 29.2. The number of rotatable bonds is 11. The summed E-state index contributed by atoms with van der Waals surface area (Å²) in [5, 5.41) is 1.02. The van der Waals surface area contributed by atoms with E-state index in [2.05, 4.69) is 11.3 Å². The van der Waals surface area contributed by atoms with Gasteiger partial charge in [-0.25, -0.2) is 17.6 Å². The average molecular weight is 561 g/mol. The van der Waals surface area contributed by atoms with E-state index in [1.54, 1.807) is 36.4 Å². The Morgan fingerprint density at radius 1 is 0.675 bits per heavy atom. The smallest absolute Gasteiger partial charge is 0.422 e. The van der Waals surface area contributed by atoms with Gasteiger partial charge in [0.15, 0.2) is 18.2 Å². The van der Waals surface area contributed by atoms with Crippen LogP contribution in [0.15, 0.2) is 73.3 Å². The van der Waals surface area contributed by atoms with Crippen molar-refractivity contribution in [2.45, 2.75) is 44.7 Å². The first-order valence-electron chi connectivity index (χ1n) is 12.8. The maximum atomic E-state index is 15.2. The predicted octanol–water partition coefficient (Wildman–Crippen LogP) is 9.03. The molecule has 4 rings (SSSR count).